The van der Waals surface area contributed by atoms with Crippen molar-refractivity contribution in [2.45, 2.75) is 57.8 Å². The normalized spacial score (nSPS) is 13.7. The van der Waals surface area contributed by atoms with E-state index in [1.165, 1.54) is 53.5 Å². The first-order chi connectivity index (χ1) is 14.2. The monoisotopic (exact) mass is 387 g/mol. The molecule has 2 N–H and O–H groups in total. The fraction of sp³-hybridized carbons (Fsp3) is 0.360. The molecule has 0 fully saturated rings. The number of H-pyrrole nitrogens is 1. The quantitative estimate of drug-likeness (QED) is 0.424. The molecule has 0 atom stereocenters. The van der Waals surface area contributed by atoms with Gasteiger partial charge < -0.3 is 10.3 Å². The van der Waals surface area contributed by atoms with Gasteiger partial charge in [0.25, 0.3) is 0 Å². The van der Waals surface area contributed by atoms with Crippen LogP contribution in [0.2, 0.25) is 0 Å². The number of nitrogens with one attached hydrogen (secondary N) is 2. The van der Waals surface area contributed by atoms with Crippen LogP contribution in [0.15, 0.2) is 48.9 Å². The van der Waals surface area contributed by atoms with E-state index >= 15 is 0 Å². The van der Waals surface area contributed by atoms with E-state index in [2.05, 4.69) is 59.5 Å². The molecule has 4 heteroatoms. The number of aromatic nitrogens is 2. The molecule has 1 heterocycles. The summed E-state index contributed by atoms with van der Waals surface area (Å²) in [4.78, 5) is 18.5. The van der Waals surface area contributed by atoms with Gasteiger partial charge in [-0.2, -0.15) is 0 Å². The van der Waals surface area contributed by atoms with Crippen molar-refractivity contribution in [3.63, 3.8) is 0 Å². The summed E-state index contributed by atoms with van der Waals surface area (Å²) < 4.78 is 0. The summed E-state index contributed by atoms with van der Waals surface area (Å²) in [6.07, 6.45) is 11.3. The van der Waals surface area contributed by atoms with Crippen molar-refractivity contribution < 1.29 is 4.79 Å². The van der Waals surface area contributed by atoms with Crippen LogP contribution in [-0.4, -0.2) is 16.4 Å². The highest BCUT2D eigenvalue weighted by atomic mass is 16.1. The maximum absolute atomic E-state index is 11.1. The number of unbranched alkanes of at least 4 members (excludes halogenated alkanes) is 2. The third kappa shape index (κ3) is 3.37. The predicted octanol–water partition coefficient (Wildman–Crippen LogP) is 6.29. The molecule has 0 saturated heterocycles. The molecule has 1 aliphatic carbocycles. The summed E-state index contributed by atoms with van der Waals surface area (Å²) in [5.41, 5.74) is 8.51. The van der Waals surface area contributed by atoms with Crippen LogP contribution < -0.4 is 5.32 Å². The standard InChI is InChI=1S/C25H29N3O/c1-3-5-11-25(12-6-4-2)22-13-18(24-15-26-16-27-24)7-9-20(22)21-10-8-19(28-17-29)14-23(21)25/h7-10,13-17H,3-6,11-12H2,1-2H3,(H,26,27)(H,28,29). The van der Waals surface area contributed by atoms with Gasteiger partial charge in [-0.1, -0.05) is 57.7 Å². The van der Waals surface area contributed by atoms with E-state index < -0.39 is 0 Å². The van der Waals surface area contributed by atoms with E-state index in [1.54, 1.807) is 6.33 Å². The number of carbonyl (C=O) groups excluding carboxylic acids is 1. The molecule has 4 nitrogen and oxygen atoms in total. The molecule has 2 aromatic carbocycles. The first-order valence-electron chi connectivity index (χ1n) is 10.7. The molecule has 4 rings (SSSR count). The van der Waals surface area contributed by atoms with Gasteiger partial charge >= 0.3 is 0 Å². The first-order valence-corrected chi connectivity index (χ1v) is 10.7. The number of nitrogens with zero attached hydrogens (tertiary/aromatic N) is 1. The topological polar surface area (TPSA) is 57.8 Å². The molecule has 29 heavy (non-hydrogen) atoms. The maximum atomic E-state index is 11.1. The van der Waals surface area contributed by atoms with Gasteiger partial charge in [-0.05, 0) is 58.9 Å². The third-order valence-corrected chi connectivity index (χ3v) is 6.31. The molecule has 3 aromatic rings. The molecule has 0 radical (unpaired) electrons. The van der Waals surface area contributed by atoms with Crippen LogP contribution >= 0.6 is 0 Å². The Balaban J connectivity index is 1.92. The van der Waals surface area contributed by atoms with Crippen LogP contribution in [0.25, 0.3) is 22.4 Å². The van der Waals surface area contributed by atoms with E-state index in [-0.39, 0.29) is 5.41 Å². The molecule has 1 aromatic heterocycles. The molecule has 1 aliphatic rings. The number of imidazole rings is 1. The van der Waals surface area contributed by atoms with Crippen molar-refractivity contribution in [1.29, 1.82) is 0 Å². The molecular formula is C25H29N3O. The number of hydrogen-bond donors (Lipinski definition) is 2. The Morgan fingerprint density at radius 2 is 1.69 bits per heavy atom. The summed E-state index contributed by atoms with van der Waals surface area (Å²) in [5.74, 6) is 0. The molecule has 0 bridgehead atoms. The maximum Gasteiger partial charge on any atom is 0.211 e. The number of aromatic amines is 1. The van der Waals surface area contributed by atoms with Crippen LogP contribution in [0.5, 0.6) is 0 Å². The van der Waals surface area contributed by atoms with Gasteiger partial charge in [0.1, 0.15) is 0 Å². The second kappa shape index (κ2) is 8.24. The summed E-state index contributed by atoms with van der Waals surface area (Å²) in [6, 6.07) is 13.2. The smallest absolute Gasteiger partial charge is 0.211 e. The zero-order chi connectivity index (χ0) is 20.3. The number of amides is 1. The van der Waals surface area contributed by atoms with Crippen LogP contribution in [0.4, 0.5) is 5.69 Å². The van der Waals surface area contributed by atoms with Crippen molar-refractivity contribution in [3.05, 3.63) is 60.0 Å². The lowest BCUT2D eigenvalue weighted by Gasteiger charge is -2.33. The third-order valence-electron chi connectivity index (χ3n) is 6.31. The number of anilines is 1. The molecule has 1 amide bonds. The van der Waals surface area contributed by atoms with Gasteiger partial charge in [0.2, 0.25) is 6.41 Å². The highest BCUT2D eigenvalue weighted by Gasteiger charge is 2.42. The average Bonchev–Trinajstić information content (AvgIpc) is 3.37. The highest BCUT2D eigenvalue weighted by Crippen LogP contribution is 2.55. The first kappa shape index (κ1) is 19.4. The number of benzene rings is 2. The lowest BCUT2D eigenvalue weighted by atomic mass is 9.70. The molecule has 0 aliphatic heterocycles. The molecule has 0 spiro atoms. The highest BCUT2D eigenvalue weighted by molar-refractivity contribution is 5.86. The van der Waals surface area contributed by atoms with E-state index in [9.17, 15) is 4.79 Å². The van der Waals surface area contributed by atoms with Gasteiger partial charge in [0.05, 0.1) is 18.2 Å². The summed E-state index contributed by atoms with van der Waals surface area (Å²) in [5, 5.41) is 2.85. The fourth-order valence-electron chi connectivity index (χ4n) is 4.86. The van der Waals surface area contributed by atoms with Crippen molar-refractivity contribution in [3.8, 4) is 22.4 Å². The Morgan fingerprint density at radius 3 is 2.31 bits per heavy atom. The fourth-order valence-corrected chi connectivity index (χ4v) is 4.86. The van der Waals surface area contributed by atoms with E-state index in [0.29, 0.717) is 0 Å². The van der Waals surface area contributed by atoms with E-state index in [4.69, 9.17) is 0 Å². The van der Waals surface area contributed by atoms with Crippen LogP contribution in [0.1, 0.15) is 63.5 Å². The Kier molecular flexibility index (Phi) is 5.52. The Labute approximate surface area is 172 Å². The Hall–Kier alpha value is -2.88. The Bertz CT molecular complexity index is 983. The summed E-state index contributed by atoms with van der Waals surface area (Å²) in [6.45, 7) is 4.52. The molecule has 0 unspecified atom stereocenters. The van der Waals surface area contributed by atoms with E-state index in [1.807, 2.05) is 12.3 Å². The number of fused-ring (bicyclic) bond motifs is 3. The minimum atomic E-state index is -0.00665. The van der Waals surface area contributed by atoms with Crippen molar-refractivity contribution in [2.75, 3.05) is 5.32 Å². The van der Waals surface area contributed by atoms with E-state index in [0.717, 1.165) is 30.6 Å². The minimum Gasteiger partial charge on any atom is -0.345 e. The summed E-state index contributed by atoms with van der Waals surface area (Å²) in [7, 11) is 0. The van der Waals surface area contributed by atoms with Gasteiger partial charge in [-0.3, -0.25) is 4.79 Å². The van der Waals surface area contributed by atoms with Gasteiger partial charge in [0, 0.05) is 11.1 Å². The SMILES string of the molecule is CCCCC1(CCCC)c2cc(NC=O)ccc2-c2ccc(-c3cnc[nH]3)cc21. The lowest BCUT2D eigenvalue weighted by molar-refractivity contribution is -0.105. The van der Waals surface area contributed by atoms with Crippen molar-refractivity contribution in [2.24, 2.45) is 0 Å². The van der Waals surface area contributed by atoms with Crippen molar-refractivity contribution >= 4 is 12.1 Å². The van der Waals surface area contributed by atoms with Gasteiger partial charge in [-0.25, -0.2) is 4.98 Å². The Morgan fingerprint density at radius 1 is 1.00 bits per heavy atom. The second-order valence-electron chi connectivity index (χ2n) is 8.04. The zero-order valence-corrected chi connectivity index (χ0v) is 17.3. The average molecular weight is 388 g/mol. The molecule has 0 saturated carbocycles. The van der Waals surface area contributed by atoms with Gasteiger partial charge in [0.15, 0.2) is 0 Å². The largest absolute Gasteiger partial charge is 0.345 e. The second-order valence-corrected chi connectivity index (χ2v) is 8.04. The molecular weight excluding hydrogens is 358 g/mol. The zero-order valence-electron chi connectivity index (χ0n) is 17.3. The number of hydrogen-bond acceptors (Lipinski definition) is 2. The number of rotatable bonds is 9. The minimum absolute atomic E-state index is 0.00665. The van der Waals surface area contributed by atoms with Crippen LogP contribution in [-0.2, 0) is 10.2 Å². The van der Waals surface area contributed by atoms with Crippen LogP contribution in [0.3, 0.4) is 0 Å². The summed E-state index contributed by atoms with van der Waals surface area (Å²) >= 11 is 0. The van der Waals surface area contributed by atoms with Crippen LogP contribution in [0, 0.1) is 0 Å². The molecule has 150 valence electrons. The lowest BCUT2D eigenvalue weighted by Crippen LogP contribution is -2.25. The predicted molar refractivity (Wildman–Crippen MR) is 119 cm³/mol. The van der Waals surface area contributed by atoms with Gasteiger partial charge in [-0.15, -0.1) is 0 Å². The van der Waals surface area contributed by atoms with Crippen molar-refractivity contribution in [1.82, 2.24) is 9.97 Å². The number of carbonyl (C=O) groups is 1.